The van der Waals surface area contributed by atoms with Crippen molar-refractivity contribution in [3.63, 3.8) is 0 Å². The summed E-state index contributed by atoms with van der Waals surface area (Å²) in [5.41, 5.74) is 0. The van der Waals surface area contributed by atoms with Gasteiger partial charge in [0.15, 0.2) is 5.79 Å². The average molecular weight is 277 g/mol. The molecule has 3 nitrogen and oxygen atoms in total. The molecule has 0 spiro atoms. The highest BCUT2D eigenvalue weighted by molar-refractivity contribution is 4.99. The van der Waals surface area contributed by atoms with Crippen molar-refractivity contribution in [2.75, 3.05) is 13.2 Å². The van der Waals surface area contributed by atoms with E-state index in [2.05, 4.69) is 17.9 Å². The summed E-state index contributed by atoms with van der Waals surface area (Å²) in [7, 11) is 0. The van der Waals surface area contributed by atoms with Crippen LogP contribution < -0.4 is 0 Å². The first-order valence-electron chi connectivity index (χ1n) is 7.87. The van der Waals surface area contributed by atoms with Gasteiger partial charge < -0.3 is 9.47 Å². The summed E-state index contributed by atoms with van der Waals surface area (Å²) in [6, 6.07) is 2.19. The van der Waals surface area contributed by atoms with E-state index in [1.165, 1.54) is 32.1 Å². The number of rotatable bonds is 9. The van der Waals surface area contributed by atoms with Gasteiger partial charge in [0.1, 0.15) is 0 Å². The van der Waals surface area contributed by atoms with Crippen molar-refractivity contribution in [1.29, 1.82) is 5.26 Å². The lowest BCUT2D eigenvalue weighted by atomic mass is 10.1. The monoisotopic (exact) mass is 277 g/mol. The maximum absolute atomic E-state index is 8.41. The number of ether oxygens (including phenoxy) is 2. The molecule has 0 radical (unpaired) electrons. The zero-order valence-corrected chi connectivity index (χ0v) is 12.7. The Morgan fingerprint density at radius 1 is 0.850 bits per heavy atom. The van der Waals surface area contributed by atoms with Crippen molar-refractivity contribution in [3.8, 4) is 17.9 Å². The van der Waals surface area contributed by atoms with Gasteiger partial charge in [-0.25, -0.2) is 0 Å². The van der Waals surface area contributed by atoms with Crippen molar-refractivity contribution in [2.45, 2.75) is 76.9 Å². The number of nitriles is 1. The molecule has 20 heavy (non-hydrogen) atoms. The third-order valence-corrected chi connectivity index (χ3v) is 3.57. The molecule has 0 aromatic carbocycles. The highest BCUT2D eigenvalue weighted by atomic mass is 16.7. The molecule has 0 saturated carbocycles. The van der Waals surface area contributed by atoms with E-state index >= 15 is 0 Å². The first-order chi connectivity index (χ1) is 9.77. The lowest BCUT2D eigenvalue weighted by molar-refractivity contribution is -0.145. The number of unbranched alkanes of at least 4 members (excludes halogenated alkanes) is 7. The molecule has 0 bridgehead atoms. The van der Waals surface area contributed by atoms with E-state index in [0.717, 1.165) is 25.7 Å². The highest BCUT2D eigenvalue weighted by Crippen LogP contribution is 2.23. The summed E-state index contributed by atoms with van der Waals surface area (Å²) in [5.74, 6) is 6.05. The Labute approximate surface area is 123 Å². The molecule has 0 amide bonds. The van der Waals surface area contributed by atoms with Gasteiger partial charge in [-0.2, -0.15) is 5.26 Å². The van der Waals surface area contributed by atoms with Crippen LogP contribution in [0.2, 0.25) is 0 Å². The van der Waals surface area contributed by atoms with Crippen LogP contribution in [0.1, 0.15) is 71.1 Å². The Morgan fingerprint density at radius 3 is 2.05 bits per heavy atom. The zero-order chi connectivity index (χ0) is 14.5. The van der Waals surface area contributed by atoms with Crippen LogP contribution in [0.5, 0.6) is 0 Å². The summed E-state index contributed by atoms with van der Waals surface area (Å²) in [5, 5.41) is 8.41. The molecule has 0 atom stereocenters. The van der Waals surface area contributed by atoms with Crippen LogP contribution in [0.25, 0.3) is 0 Å². The van der Waals surface area contributed by atoms with E-state index in [1.54, 1.807) is 0 Å². The lowest BCUT2D eigenvalue weighted by Crippen LogP contribution is -2.24. The first-order valence-corrected chi connectivity index (χ1v) is 7.87. The third kappa shape index (κ3) is 8.20. The van der Waals surface area contributed by atoms with Gasteiger partial charge >= 0.3 is 0 Å². The van der Waals surface area contributed by atoms with Crippen molar-refractivity contribution < 1.29 is 9.47 Å². The Balaban J connectivity index is 1.87. The second-order valence-electron chi connectivity index (χ2n) is 5.46. The van der Waals surface area contributed by atoms with E-state index in [0.29, 0.717) is 19.6 Å². The second kappa shape index (κ2) is 10.7. The summed E-state index contributed by atoms with van der Waals surface area (Å²) in [6.45, 7) is 3.41. The molecule has 0 aromatic rings. The Kier molecular flexibility index (Phi) is 9.13. The Hall–Kier alpha value is -1.03. The van der Waals surface area contributed by atoms with Gasteiger partial charge in [0.05, 0.1) is 19.3 Å². The maximum atomic E-state index is 8.41. The van der Waals surface area contributed by atoms with Crippen molar-refractivity contribution >= 4 is 0 Å². The fourth-order valence-corrected chi connectivity index (χ4v) is 2.29. The summed E-state index contributed by atoms with van der Waals surface area (Å²) in [6.07, 6.45) is 10.6. The number of hydrogen-bond acceptors (Lipinski definition) is 3. The SMILES string of the molecule is CC1(CCC#CCCCCCCCCC#N)OCCO1. The molecule has 0 aliphatic carbocycles. The predicted molar refractivity (Wildman–Crippen MR) is 79.9 cm³/mol. The van der Waals surface area contributed by atoms with E-state index in [1.807, 2.05) is 6.92 Å². The van der Waals surface area contributed by atoms with Crippen LogP contribution in [-0.2, 0) is 9.47 Å². The average Bonchev–Trinajstić information content (AvgIpc) is 2.87. The van der Waals surface area contributed by atoms with Gasteiger partial charge in [-0.1, -0.05) is 25.7 Å². The van der Waals surface area contributed by atoms with Crippen molar-refractivity contribution in [3.05, 3.63) is 0 Å². The van der Waals surface area contributed by atoms with Crippen LogP contribution in [-0.4, -0.2) is 19.0 Å². The van der Waals surface area contributed by atoms with E-state index in [4.69, 9.17) is 14.7 Å². The molecule has 1 aliphatic rings. The largest absolute Gasteiger partial charge is 0.348 e. The minimum atomic E-state index is -0.391. The summed E-state index contributed by atoms with van der Waals surface area (Å²) < 4.78 is 11.1. The zero-order valence-electron chi connectivity index (χ0n) is 12.7. The van der Waals surface area contributed by atoms with Gasteiger partial charge in [-0.3, -0.25) is 0 Å². The molecule has 0 N–H and O–H groups in total. The van der Waals surface area contributed by atoms with Crippen molar-refractivity contribution in [2.24, 2.45) is 0 Å². The Morgan fingerprint density at radius 2 is 1.40 bits per heavy atom. The molecule has 1 saturated heterocycles. The summed E-state index contributed by atoms with van der Waals surface area (Å²) >= 11 is 0. The Bertz CT molecular complexity index is 342. The van der Waals surface area contributed by atoms with Gasteiger partial charge in [0.2, 0.25) is 0 Å². The predicted octanol–water partition coefficient (Wildman–Crippen LogP) is 4.18. The third-order valence-electron chi connectivity index (χ3n) is 3.57. The maximum Gasteiger partial charge on any atom is 0.166 e. The molecule has 1 rings (SSSR count). The lowest BCUT2D eigenvalue weighted by Gasteiger charge is -2.20. The number of nitrogens with zero attached hydrogens (tertiary/aromatic N) is 1. The minimum Gasteiger partial charge on any atom is -0.348 e. The topological polar surface area (TPSA) is 42.2 Å². The fourth-order valence-electron chi connectivity index (χ4n) is 2.29. The summed E-state index contributed by atoms with van der Waals surface area (Å²) in [4.78, 5) is 0. The molecule has 3 heteroatoms. The molecule has 0 unspecified atom stereocenters. The molecule has 112 valence electrons. The van der Waals surface area contributed by atoms with E-state index in [9.17, 15) is 0 Å². The smallest absolute Gasteiger partial charge is 0.166 e. The van der Waals surface area contributed by atoms with Gasteiger partial charge in [-0.15, -0.1) is 11.8 Å². The van der Waals surface area contributed by atoms with Crippen molar-refractivity contribution in [1.82, 2.24) is 0 Å². The van der Waals surface area contributed by atoms with Crippen LogP contribution in [0.3, 0.4) is 0 Å². The molecule has 0 aromatic heterocycles. The molecule has 1 fully saturated rings. The standard InChI is InChI=1S/C17H27NO2/c1-17(19-15-16-20-17)13-11-9-7-5-3-2-4-6-8-10-12-14-18/h2-6,8,10-13,15-16H2,1H3. The van der Waals surface area contributed by atoms with Gasteiger partial charge in [-0.05, 0) is 19.8 Å². The van der Waals surface area contributed by atoms with E-state index < -0.39 is 5.79 Å². The first kappa shape index (κ1) is 17.0. The molecular weight excluding hydrogens is 250 g/mol. The second-order valence-corrected chi connectivity index (χ2v) is 5.46. The van der Waals surface area contributed by atoms with Crippen LogP contribution in [0.15, 0.2) is 0 Å². The minimum absolute atomic E-state index is 0.391. The molecular formula is C17H27NO2. The normalized spacial score (nSPS) is 16.4. The van der Waals surface area contributed by atoms with Crippen LogP contribution in [0.4, 0.5) is 0 Å². The molecule has 1 heterocycles. The van der Waals surface area contributed by atoms with E-state index in [-0.39, 0.29) is 0 Å². The fraction of sp³-hybridized carbons (Fsp3) is 0.824. The quantitative estimate of drug-likeness (QED) is 0.469. The highest BCUT2D eigenvalue weighted by Gasteiger charge is 2.29. The van der Waals surface area contributed by atoms with Gasteiger partial charge in [0, 0.05) is 25.7 Å². The van der Waals surface area contributed by atoms with Gasteiger partial charge in [0.25, 0.3) is 0 Å². The van der Waals surface area contributed by atoms with Crippen LogP contribution in [0, 0.1) is 23.2 Å². The molecule has 1 aliphatic heterocycles. The number of hydrogen-bond donors (Lipinski definition) is 0. The van der Waals surface area contributed by atoms with Crippen LogP contribution >= 0.6 is 0 Å².